The second-order valence-electron chi connectivity index (χ2n) is 4.86. The number of fused-ring (bicyclic) bond motifs is 1. The predicted molar refractivity (Wildman–Crippen MR) is 86.4 cm³/mol. The molecule has 0 aliphatic carbocycles. The van der Waals surface area contributed by atoms with Crippen LogP contribution in [0, 0.1) is 0 Å². The van der Waals surface area contributed by atoms with Crippen LogP contribution in [0.15, 0.2) is 42.6 Å². The first kappa shape index (κ1) is 13.6. The van der Waals surface area contributed by atoms with Crippen molar-refractivity contribution < 1.29 is 4.79 Å². The van der Waals surface area contributed by atoms with Crippen molar-refractivity contribution in [2.45, 2.75) is 12.8 Å². The number of aromatic nitrogens is 1. The number of hydrogen-bond acceptors (Lipinski definition) is 4. The Morgan fingerprint density at radius 1 is 1.19 bits per heavy atom. The number of carbonyl (C=O) groups is 1. The Labute approximate surface area is 126 Å². The number of thiophene rings is 1. The maximum absolute atomic E-state index is 11.5. The summed E-state index contributed by atoms with van der Waals surface area (Å²) in [6, 6.07) is 12.3. The van der Waals surface area contributed by atoms with Gasteiger partial charge < -0.3 is 11.5 Å². The quantitative estimate of drug-likeness (QED) is 0.777. The Morgan fingerprint density at radius 3 is 2.67 bits per heavy atom. The third kappa shape index (κ3) is 2.73. The van der Waals surface area contributed by atoms with E-state index in [1.807, 2.05) is 24.3 Å². The van der Waals surface area contributed by atoms with Crippen LogP contribution in [0.25, 0.3) is 10.1 Å². The molecule has 0 fully saturated rings. The van der Waals surface area contributed by atoms with Crippen LogP contribution in [0.5, 0.6) is 0 Å². The molecule has 4 N–H and O–H groups in total. The fourth-order valence-electron chi connectivity index (χ4n) is 2.31. The van der Waals surface area contributed by atoms with Gasteiger partial charge in [0.2, 0.25) is 0 Å². The van der Waals surface area contributed by atoms with Crippen LogP contribution in [0.1, 0.15) is 20.8 Å². The molecule has 2 heterocycles. The standard InChI is InChI=1S/C16H15N3OS/c17-15-12-8-11(7-6-10-4-2-1-3-5-10)21-14(12)13(9-19-15)16(18)20/h1-5,8-9H,6-7H2,(H2,17,19)(H2,18,20). The molecule has 2 aromatic heterocycles. The third-order valence-electron chi connectivity index (χ3n) is 3.40. The average molecular weight is 297 g/mol. The minimum absolute atomic E-state index is 0.440. The van der Waals surface area contributed by atoms with Crippen LogP contribution in [0.2, 0.25) is 0 Å². The highest BCUT2D eigenvalue weighted by Crippen LogP contribution is 2.32. The van der Waals surface area contributed by atoms with Crippen molar-refractivity contribution >= 4 is 33.1 Å². The zero-order valence-electron chi connectivity index (χ0n) is 11.4. The first-order chi connectivity index (χ1) is 10.1. The Balaban J connectivity index is 1.92. The Hall–Kier alpha value is -2.40. The lowest BCUT2D eigenvalue weighted by Crippen LogP contribution is -2.11. The molecule has 0 aliphatic rings. The second kappa shape index (κ2) is 5.54. The van der Waals surface area contributed by atoms with Gasteiger partial charge in [-0.1, -0.05) is 30.3 Å². The minimum Gasteiger partial charge on any atom is -0.383 e. The first-order valence-electron chi connectivity index (χ1n) is 6.66. The number of hydrogen-bond donors (Lipinski definition) is 2. The van der Waals surface area contributed by atoms with E-state index in [2.05, 4.69) is 17.1 Å². The molecule has 0 atom stereocenters. The molecule has 0 spiro atoms. The van der Waals surface area contributed by atoms with Crippen molar-refractivity contribution in [3.63, 3.8) is 0 Å². The van der Waals surface area contributed by atoms with Crippen LogP contribution in [0.4, 0.5) is 5.82 Å². The van der Waals surface area contributed by atoms with Gasteiger partial charge in [0.05, 0.1) is 10.3 Å². The zero-order chi connectivity index (χ0) is 14.8. The molecule has 1 amide bonds. The maximum Gasteiger partial charge on any atom is 0.251 e. The van der Waals surface area contributed by atoms with Crippen molar-refractivity contribution in [1.82, 2.24) is 4.98 Å². The number of nitrogens with zero attached hydrogens (tertiary/aromatic N) is 1. The van der Waals surface area contributed by atoms with E-state index in [1.54, 1.807) is 11.3 Å². The summed E-state index contributed by atoms with van der Waals surface area (Å²) in [4.78, 5) is 16.7. The second-order valence-corrected chi connectivity index (χ2v) is 6.00. The van der Waals surface area contributed by atoms with E-state index < -0.39 is 5.91 Å². The van der Waals surface area contributed by atoms with Crippen LogP contribution >= 0.6 is 11.3 Å². The summed E-state index contributed by atoms with van der Waals surface area (Å²) in [5.41, 5.74) is 13.0. The number of pyridine rings is 1. The number of nitrogens with two attached hydrogens (primary N) is 2. The SMILES string of the molecule is NC(=O)c1cnc(N)c2cc(CCc3ccccc3)sc12. The Bertz CT molecular complexity index is 796. The van der Waals surface area contributed by atoms with Crippen LogP contribution < -0.4 is 11.5 Å². The van der Waals surface area contributed by atoms with Gasteiger partial charge in [-0.2, -0.15) is 0 Å². The number of aryl methyl sites for hydroxylation is 2. The number of carbonyl (C=O) groups excluding carboxylic acids is 1. The number of amides is 1. The summed E-state index contributed by atoms with van der Waals surface area (Å²) in [6.07, 6.45) is 3.31. The molecule has 0 radical (unpaired) electrons. The third-order valence-corrected chi connectivity index (χ3v) is 4.63. The summed E-state index contributed by atoms with van der Waals surface area (Å²) in [5.74, 6) is -0.0267. The molecule has 106 valence electrons. The van der Waals surface area contributed by atoms with Crippen LogP contribution in [-0.4, -0.2) is 10.9 Å². The molecule has 5 heteroatoms. The van der Waals surface area contributed by atoms with E-state index in [0.717, 1.165) is 22.9 Å². The number of anilines is 1. The molecular weight excluding hydrogens is 282 g/mol. The number of primary amides is 1. The average Bonchev–Trinajstić information content (AvgIpc) is 2.91. The van der Waals surface area contributed by atoms with Crippen molar-refractivity contribution in [2.75, 3.05) is 5.73 Å². The lowest BCUT2D eigenvalue weighted by atomic mass is 10.1. The zero-order valence-corrected chi connectivity index (χ0v) is 12.2. The fourth-order valence-corrected chi connectivity index (χ4v) is 3.49. The molecule has 0 bridgehead atoms. The largest absolute Gasteiger partial charge is 0.383 e. The van der Waals surface area contributed by atoms with Gasteiger partial charge in [0.15, 0.2) is 0 Å². The van der Waals surface area contributed by atoms with Gasteiger partial charge >= 0.3 is 0 Å². The highest BCUT2D eigenvalue weighted by molar-refractivity contribution is 7.19. The van der Waals surface area contributed by atoms with Gasteiger partial charge in [0, 0.05) is 16.5 Å². The molecule has 0 unspecified atom stereocenters. The van der Waals surface area contributed by atoms with Crippen LogP contribution in [-0.2, 0) is 12.8 Å². The molecule has 0 aliphatic heterocycles. The van der Waals surface area contributed by atoms with Gasteiger partial charge in [-0.25, -0.2) is 4.98 Å². The van der Waals surface area contributed by atoms with Gasteiger partial charge in [-0.15, -0.1) is 11.3 Å². The topological polar surface area (TPSA) is 82.0 Å². The van der Waals surface area contributed by atoms with Crippen molar-refractivity contribution in [2.24, 2.45) is 5.73 Å². The number of benzene rings is 1. The molecule has 3 rings (SSSR count). The number of rotatable bonds is 4. The van der Waals surface area contributed by atoms with Crippen LogP contribution in [0.3, 0.4) is 0 Å². The fraction of sp³-hybridized carbons (Fsp3) is 0.125. The summed E-state index contributed by atoms with van der Waals surface area (Å²) in [5, 5.41) is 0.819. The monoisotopic (exact) mass is 297 g/mol. The number of nitrogen functional groups attached to an aromatic ring is 1. The molecule has 21 heavy (non-hydrogen) atoms. The van der Waals surface area contributed by atoms with Gasteiger partial charge in [-0.05, 0) is 24.5 Å². The van der Waals surface area contributed by atoms with E-state index in [1.165, 1.54) is 16.6 Å². The smallest absolute Gasteiger partial charge is 0.251 e. The molecule has 1 aromatic carbocycles. The van der Waals surface area contributed by atoms with Gasteiger partial charge in [-0.3, -0.25) is 4.79 Å². The minimum atomic E-state index is -0.469. The first-order valence-corrected chi connectivity index (χ1v) is 7.47. The summed E-state index contributed by atoms with van der Waals surface area (Å²) >= 11 is 1.56. The lowest BCUT2D eigenvalue weighted by molar-refractivity contribution is 0.100. The highest BCUT2D eigenvalue weighted by Gasteiger charge is 2.13. The predicted octanol–water partition coefficient (Wildman–Crippen LogP) is 2.76. The van der Waals surface area contributed by atoms with E-state index in [9.17, 15) is 4.79 Å². The van der Waals surface area contributed by atoms with E-state index in [4.69, 9.17) is 11.5 Å². The molecule has 0 saturated carbocycles. The van der Waals surface area contributed by atoms with Gasteiger partial charge in [0.1, 0.15) is 5.82 Å². The maximum atomic E-state index is 11.5. The molecular formula is C16H15N3OS. The van der Waals surface area contributed by atoms with Gasteiger partial charge in [0.25, 0.3) is 5.91 Å². The van der Waals surface area contributed by atoms with E-state index >= 15 is 0 Å². The lowest BCUT2D eigenvalue weighted by Gasteiger charge is -1.99. The summed E-state index contributed by atoms with van der Waals surface area (Å²) < 4.78 is 0.832. The van der Waals surface area contributed by atoms with E-state index in [0.29, 0.717) is 11.4 Å². The highest BCUT2D eigenvalue weighted by atomic mass is 32.1. The summed E-state index contributed by atoms with van der Waals surface area (Å²) in [6.45, 7) is 0. The van der Waals surface area contributed by atoms with E-state index in [-0.39, 0.29) is 0 Å². The van der Waals surface area contributed by atoms with Crippen molar-refractivity contribution in [3.8, 4) is 0 Å². The molecule has 0 saturated heterocycles. The van der Waals surface area contributed by atoms with Crippen molar-refractivity contribution in [3.05, 3.63) is 58.6 Å². The van der Waals surface area contributed by atoms with Crippen molar-refractivity contribution in [1.29, 1.82) is 0 Å². The summed E-state index contributed by atoms with van der Waals surface area (Å²) in [7, 11) is 0. The molecule has 4 nitrogen and oxygen atoms in total. The Morgan fingerprint density at radius 2 is 1.95 bits per heavy atom. The Kier molecular flexibility index (Phi) is 3.58. The molecule has 3 aromatic rings. The normalized spacial score (nSPS) is 10.9.